The van der Waals surface area contributed by atoms with Crippen LogP contribution in [0.4, 0.5) is 0 Å². The predicted octanol–water partition coefficient (Wildman–Crippen LogP) is 2.59. The molecular formula is C17H17N3O3S. The zero-order chi connectivity index (χ0) is 16.7. The van der Waals surface area contributed by atoms with Gasteiger partial charge >= 0.3 is 5.76 Å². The molecule has 0 N–H and O–H groups in total. The van der Waals surface area contributed by atoms with E-state index in [2.05, 4.69) is 23.4 Å². The van der Waals surface area contributed by atoms with Crippen molar-refractivity contribution in [3.8, 4) is 0 Å². The maximum absolute atomic E-state index is 12.9. The van der Waals surface area contributed by atoms with Gasteiger partial charge in [0.15, 0.2) is 11.2 Å². The Kier molecular flexibility index (Phi) is 3.72. The van der Waals surface area contributed by atoms with E-state index in [-0.39, 0.29) is 18.5 Å². The Labute approximate surface area is 142 Å². The van der Waals surface area contributed by atoms with Crippen LogP contribution in [0.1, 0.15) is 29.8 Å². The molecule has 0 fully saturated rings. The van der Waals surface area contributed by atoms with Crippen LogP contribution in [0.2, 0.25) is 0 Å². The lowest BCUT2D eigenvalue weighted by molar-refractivity contribution is -0.134. The van der Waals surface area contributed by atoms with E-state index in [0.717, 1.165) is 12.8 Å². The summed E-state index contributed by atoms with van der Waals surface area (Å²) in [7, 11) is 0. The Morgan fingerprint density at radius 1 is 1.46 bits per heavy atom. The zero-order valence-electron chi connectivity index (χ0n) is 13.3. The van der Waals surface area contributed by atoms with E-state index in [4.69, 9.17) is 4.42 Å². The van der Waals surface area contributed by atoms with Crippen LogP contribution < -0.4 is 5.76 Å². The molecule has 0 radical (unpaired) electrons. The van der Waals surface area contributed by atoms with Crippen LogP contribution in [-0.4, -0.2) is 26.9 Å². The van der Waals surface area contributed by atoms with Gasteiger partial charge < -0.3 is 9.32 Å². The zero-order valence-corrected chi connectivity index (χ0v) is 14.1. The topological polar surface area (TPSA) is 68.3 Å². The molecule has 3 aromatic rings. The van der Waals surface area contributed by atoms with Gasteiger partial charge in [-0.2, -0.15) is 0 Å². The number of aromatic nitrogens is 2. The number of nitrogens with zero attached hydrogens (tertiary/aromatic N) is 3. The molecular weight excluding hydrogens is 326 g/mol. The summed E-state index contributed by atoms with van der Waals surface area (Å²) in [6.07, 6.45) is 3.31. The molecule has 6 nitrogen and oxygen atoms in total. The summed E-state index contributed by atoms with van der Waals surface area (Å²) in [5.74, 6) is -0.618. The van der Waals surface area contributed by atoms with Crippen molar-refractivity contribution in [2.75, 3.05) is 6.54 Å². The highest BCUT2D eigenvalue weighted by atomic mass is 32.1. The van der Waals surface area contributed by atoms with Gasteiger partial charge in [0.2, 0.25) is 5.91 Å². The summed E-state index contributed by atoms with van der Waals surface area (Å²) < 4.78 is 6.47. The van der Waals surface area contributed by atoms with E-state index >= 15 is 0 Å². The van der Waals surface area contributed by atoms with Crippen LogP contribution in [-0.2, 0) is 17.8 Å². The predicted molar refractivity (Wildman–Crippen MR) is 91.0 cm³/mol. The van der Waals surface area contributed by atoms with Crippen LogP contribution >= 0.6 is 11.3 Å². The number of carbonyl (C=O) groups excluding carboxylic acids is 1. The second-order valence-electron chi connectivity index (χ2n) is 5.84. The standard InChI is InChI=1S/C17H17N3O3S/c1-2-12-11-6-9-24-14(11)5-8-19(12)15(21)10-20-16-13(23-17(20)22)4-3-7-18-16/h3-4,6-7,9,12H,2,5,8,10H2,1H3/t12-/m0/s1. The van der Waals surface area contributed by atoms with E-state index in [1.165, 1.54) is 15.0 Å². The molecule has 0 bridgehead atoms. The van der Waals surface area contributed by atoms with Crippen molar-refractivity contribution in [2.45, 2.75) is 32.4 Å². The largest absolute Gasteiger partial charge is 0.421 e. The van der Waals surface area contributed by atoms with Crippen LogP contribution in [0.25, 0.3) is 11.2 Å². The van der Waals surface area contributed by atoms with Crippen molar-refractivity contribution in [1.82, 2.24) is 14.5 Å². The molecule has 24 heavy (non-hydrogen) atoms. The summed E-state index contributed by atoms with van der Waals surface area (Å²) >= 11 is 1.75. The third kappa shape index (κ3) is 2.36. The number of oxazole rings is 1. The quantitative estimate of drug-likeness (QED) is 0.733. The van der Waals surface area contributed by atoms with Crippen molar-refractivity contribution >= 4 is 28.5 Å². The summed E-state index contributed by atoms with van der Waals surface area (Å²) in [6, 6.07) is 5.56. The Bertz CT molecular complexity index is 955. The minimum Gasteiger partial charge on any atom is -0.406 e. The molecule has 3 aromatic heterocycles. The first-order valence-corrected chi connectivity index (χ1v) is 8.87. The third-order valence-electron chi connectivity index (χ3n) is 4.52. The van der Waals surface area contributed by atoms with Gasteiger partial charge in [-0.3, -0.25) is 4.79 Å². The van der Waals surface area contributed by atoms with Crippen molar-refractivity contribution < 1.29 is 9.21 Å². The van der Waals surface area contributed by atoms with E-state index < -0.39 is 5.76 Å². The first-order chi connectivity index (χ1) is 11.7. The lowest BCUT2D eigenvalue weighted by Crippen LogP contribution is -2.42. The first kappa shape index (κ1) is 15.1. The van der Waals surface area contributed by atoms with E-state index in [1.54, 1.807) is 29.7 Å². The molecule has 7 heteroatoms. The monoisotopic (exact) mass is 343 g/mol. The molecule has 0 aliphatic carbocycles. The number of hydrogen-bond donors (Lipinski definition) is 0. The number of fused-ring (bicyclic) bond motifs is 2. The molecule has 4 rings (SSSR count). The van der Waals surface area contributed by atoms with Gasteiger partial charge in [0.25, 0.3) is 0 Å². The maximum atomic E-state index is 12.9. The van der Waals surface area contributed by atoms with Gasteiger partial charge in [0, 0.05) is 17.6 Å². The van der Waals surface area contributed by atoms with Gasteiger partial charge in [-0.25, -0.2) is 14.3 Å². The van der Waals surface area contributed by atoms with E-state index in [9.17, 15) is 9.59 Å². The smallest absolute Gasteiger partial charge is 0.406 e. The average molecular weight is 343 g/mol. The fraction of sp³-hybridized carbons (Fsp3) is 0.353. The molecule has 0 aromatic carbocycles. The van der Waals surface area contributed by atoms with Crippen LogP contribution in [0.3, 0.4) is 0 Å². The summed E-state index contributed by atoms with van der Waals surface area (Å²) in [5.41, 5.74) is 2.06. The summed E-state index contributed by atoms with van der Waals surface area (Å²) in [4.78, 5) is 32.3. The molecule has 1 atom stereocenters. The van der Waals surface area contributed by atoms with Crippen LogP contribution in [0, 0.1) is 0 Å². The number of thiophene rings is 1. The highest BCUT2D eigenvalue weighted by molar-refractivity contribution is 7.10. The minimum atomic E-state index is -0.543. The number of amides is 1. The maximum Gasteiger partial charge on any atom is 0.421 e. The van der Waals surface area contributed by atoms with Crippen LogP contribution in [0.5, 0.6) is 0 Å². The minimum absolute atomic E-state index is 0.0428. The molecule has 1 amide bonds. The molecule has 0 spiro atoms. The van der Waals surface area contributed by atoms with Crippen molar-refractivity contribution in [3.05, 3.63) is 50.8 Å². The normalized spacial score (nSPS) is 17.2. The van der Waals surface area contributed by atoms with Gasteiger partial charge in [-0.05, 0) is 42.0 Å². The highest BCUT2D eigenvalue weighted by Crippen LogP contribution is 2.35. The fourth-order valence-electron chi connectivity index (χ4n) is 3.40. The Morgan fingerprint density at radius 3 is 3.17 bits per heavy atom. The molecule has 124 valence electrons. The molecule has 0 saturated carbocycles. The van der Waals surface area contributed by atoms with Crippen molar-refractivity contribution in [2.24, 2.45) is 0 Å². The number of pyridine rings is 1. The van der Waals surface area contributed by atoms with Gasteiger partial charge in [0.05, 0.1) is 6.04 Å². The summed E-state index contributed by atoms with van der Waals surface area (Å²) in [6.45, 7) is 2.72. The number of hydrogen-bond acceptors (Lipinski definition) is 5. The fourth-order valence-corrected chi connectivity index (χ4v) is 4.33. The van der Waals surface area contributed by atoms with E-state index in [1.807, 2.05) is 4.90 Å². The molecule has 4 heterocycles. The van der Waals surface area contributed by atoms with Gasteiger partial charge in [0.1, 0.15) is 6.54 Å². The Balaban J connectivity index is 1.64. The molecule has 0 saturated heterocycles. The number of rotatable bonds is 3. The summed E-state index contributed by atoms with van der Waals surface area (Å²) in [5, 5.41) is 2.08. The lowest BCUT2D eigenvalue weighted by atomic mass is 9.98. The second-order valence-corrected chi connectivity index (χ2v) is 6.84. The second kappa shape index (κ2) is 5.90. The lowest BCUT2D eigenvalue weighted by Gasteiger charge is -2.35. The van der Waals surface area contributed by atoms with Crippen molar-refractivity contribution in [3.63, 3.8) is 0 Å². The molecule has 1 aliphatic rings. The first-order valence-electron chi connectivity index (χ1n) is 7.99. The van der Waals surface area contributed by atoms with Crippen LogP contribution in [0.15, 0.2) is 39.0 Å². The average Bonchev–Trinajstić information content (AvgIpc) is 3.18. The van der Waals surface area contributed by atoms with E-state index in [0.29, 0.717) is 17.8 Å². The Morgan fingerprint density at radius 2 is 2.33 bits per heavy atom. The SMILES string of the molecule is CC[C@H]1c2ccsc2CCN1C(=O)Cn1c(=O)oc2cccnc21. The molecule has 0 unspecified atom stereocenters. The number of carbonyl (C=O) groups is 1. The Hall–Kier alpha value is -2.41. The molecule has 1 aliphatic heterocycles. The third-order valence-corrected chi connectivity index (χ3v) is 5.52. The van der Waals surface area contributed by atoms with Crippen molar-refractivity contribution in [1.29, 1.82) is 0 Å². The highest BCUT2D eigenvalue weighted by Gasteiger charge is 2.31. The van der Waals surface area contributed by atoms with Gasteiger partial charge in [-0.1, -0.05) is 6.92 Å². The van der Waals surface area contributed by atoms with Gasteiger partial charge in [-0.15, -0.1) is 11.3 Å².